The maximum absolute atomic E-state index is 12.0. The summed E-state index contributed by atoms with van der Waals surface area (Å²) in [5, 5.41) is 5.03. The van der Waals surface area contributed by atoms with Crippen LogP contribution in [-0.2, 0) is 21.2 Å². The Morgan fingerprint density at radius 1 is 1.28 bits per heavy atom. The standard InChI is InChI=1S/C14H12N4O5S2/c1-25(22,23)8-2-3-9-10(6-8)24-14(15-9)16-12(20)7-18-13(21)5-4-11(19)17-18/h2-6H,7H2,1H3,(H,17,19)(H,15,16,20). The van der Waals surface area contributed by atoms with Crippen molar-refractivity contribution >= 4 is 42.4 Å². The second-order valence-corrected chi connectivity index (χ2v) is 8.25. The summed E-state index contributed by atoms with van der Waals surface area (Å²) >= 11 is 1.11. The van der Waals surface area contributed by atoms with E-state index in [2.05, 4.69) is 15.4 Å². The van der Waals surface area contributed by atoms with Crippen molar-refractivity contribution in [2.45, 2.75) is 11.4 Å². The molecule has 0 spiro atoms. The summed E-state index contributed by atoms with van der Waals surface area (Å²) in [6.07, 6.45) is 1.11. The third-order valence-electron chi connectivity index (χ3n) is 3.22. The van der Waals surface area contributed by atoms with Crippen LogP contribution in [0.15, 0.2) is 44.8 Å². The molecule has 130 valence electrons. The molecule has 0 bridgehead atoms. The first-order valence-electron chi connectivity index (χ1n) is 6.93. The molecule has 0 atom stereocenters. The maximum Gasteiger partial charge on any atom is 0.265 e. The van der Waals surface area contributed by atoms with Crippen molar-refractivity contribution in [3.05, 3.63) is 51.0 Å². The summed E-state index contributed by atoms with van der Waals surface area (Å²) in [5.41, 5.74) is -0.476. The highest BCUT2D eigenvalue weighted by Crippen LogP contribution is 2.28. The second-order valence-electron chi connectivity index (χ2n) is 5.20. The number of anilines is 1. The number of amides is 1. The summed E-state index contributed by atoms with van der Waals surface area (Å²) in [6.45, 7) is -0.376. The number of sulfone groups is 1. The zero-order valence-electron chi connectivity index (χ0n) is 12.8. The van der Waals surface area contributed by atoms with Crippen molar-refractivity contribution in [3.8, 4) is 0 Å². The molecule has 1 aromatic carbocycles. The highest BCUT2D eigenvalue weighted by Gasteiger charge is 2.13. The molecule has 2 heterocycles. The molecule has 25 heavy (non-hydrogen) atoms. The number of nitrogens with one attached hydrogen (secondary N) is 2. The van der Waals surface area contributed by atoms with Crippen LogP contribution in [0.3, 0.4) is 0 Å². The van der Waals surface area contributed by atoms with E-state index >= 15 is 0 Å². The van der Waals surface area contributed by atoms with Crippen LogP contribution in [0.25, 0.3) is 10.2 Å². The zero-order valence-corrected chi connectivity index (χ0v) is 14.5. The van der Waals surface area contributed by atoms with Crippen LogP contribution in [0, 0.1) is 0 Å². The molecule has 2 aromatic heterocycles. The predicted molar refractivity (Wildman–Crippen MR) is 92.7 cm³/mol. The van der Waals surface area contributed by atoms with Gasteiger partial charge in [0.05, 0.1) is 15.1 Å². The first-order chi connectivity index (χ1) is 11.7. The Balaban J connectivity index is 1.83. The van der Waals surface area contributed by atoms with E-state index in [-0.39, 0.29) is 16.6 Å². The molecule has 0 aliphatic rings. The highest BCUT2D eigenvalue weighted by atomic mass is 32.2. The molecule has 0 unspecified atom stereocenters. The number of fused-ring (bicyclic) bond motifs is 1. The van der Waals surface area contributed by atoms with E-state index in [0.717, 1.165) is 34.4 Å². The first-order valence-corrected chi connectivity index (χ1v) is 9.64. The monoisotopic (exact) mass is 380 g/mol. The number of hydrogen-bond acceptors (Lipinski definition) is 7. The van der Waals surface area contributed by atoms with Crippen molar-refractivity contribution in [2.24, 2.45) is 0 Å². The number of hydrogen-bond donors (Lipinski definition) is 2. The molecule has 0 radical (unpaired) electrons. The van der Waals surface area contributed by atoms with Crippen molar-refractivity contribution in [1.29, 1.82) is 0 Å². The smallest absolute Gasteiger partial charge is 0.265 e. The van der Waals surface area contributed by atoms with E-state index in [1.807, 2.05) is 0 Å². The quantitative estimate of drug-likeness (QED) is 0.664. The largest absolute Gasteiger partial charge is 0.300 e. The number of nitrogens with zero attached hydrogens (tertiary/aromatic N) is 2. The first kappa shape index (κ1) is 17.0. The van der Waals surface area contributed by atoms with E-state index in [9.17, 15) is 22.8 Å². The fraction of sp³-hybridized carbons (Fsp3) is 0.143. The third-order valence-corrected chi connectivity index (χ3v) is 5.27. The van der Waals surface area contributed by atoms with Crippen LogP contribution in [0.1, 0.15) is 0 Å². The minimum Gasteiger partial charge on any atom is -0.300 e. The summed E-state index contributed by atoms with van der Waals surface area (Å²) in [4.78, 5) is 39.2. The number of rotatable bonds is 4. The van der Waals surface area contributed by atoms with E-state index in [1.165, 1.54) is 12.1 Å². The lowest BCUT2D eigenvalue weighted by Gasteiger charge is -2.04. The van der Waals surface area contributed by atoms with Gasteiger partial charge in [-0.05, 0) is 18.2 Å². The molecule has 0 saturated carbocycles. The molecule has 3 rings (SSSR count). The fourth-order valence-corrected chi connectivity index (χ4v) is 3.71. The van der Waals surface area contributed by atoms with Gasteiger partial charge >= 0.3 is 0 Å². The summed E-state index contributed by atoms with van der Waals surface area (Å²) in [7, 11) is -3.34. The molecular weight excluding hydrogens is 368 g/mol. The van der Waals surface area contributed by atoms with Crippen molar-refractivity contribution in [2.75, 3.05) is 11.6 Å². The Morgan fingerprint density at radius 2 is 2.04 bits per heavy atom. The third kappa shape index (κ3) is 3.83. The SMILES string of the molecule is CS(=O)(=O)c1ccc2nc(NC(=O)Cn3[nH]c(=O)ccc3=O)sc2c1. The zero-order chi connectivity index (χ0) is 18.2. The molecule has 1 amide bonds. The van der Waals surface area contributed by atoms with Crippen LogP contribution in [0.4, 0.5) is 5.13 Å². The molecule has 11 heteroatoms. The number of aromatic amines is 1. The van der Waals surface area contributed by atoms with Gasteiger partial charge in [0, 0.05) is 18.4 Å². The molecule has 0 saturated heterocycles. The lowest BCUT2D eigenvalue weighted by atomic mass is 10.3. The Labute approximate surface area is 144 Å². The normalized spacial score (nSPS) is 11.6. The molecule has 3 aromatic rings. The topological polar surface area (TPSA) is 131 Å². The molecule has 0 aliphatic heterocycles. The van der Waals surface area contributed by atoms with E-state index in [4.69, 9.17) is 0 Å². The van der Waals surface area contributed by atoms with Crippen LogP contribution < -0.4 is 16.4 Å². The maximum atomic E-state index is 12.0. The van der Waals surface area contributed by atoms with Gasteiger partial charge in [0.2, 0.25) is 5.91 Å². The van der Waals surface area contributed by atoms with Gasteiger partial charge in [-0.2, -0.15) is 0 Å². The number of benzene rings is 1. The summed E-state index contributed by atoms with van der Waals surface area (Å²) in [5.74, 6) is -0.550. The number of aromatic nitrogens is 3. The van der Waals surface area contributed by atoms with Crippen LogP contribution in [0.2, 0.25) is 0 Å². The van der Waals surface area contributed by atoms with Crippen LogP contribution >= 0.6 is 11.3 Å². The number of H-pyrrole nitrogens is 1. The van der Waals surface area contributed by atoms with Gasteiger partial charge in [0.1, 0.15) is 6.54 Å². The Kier molecular flexibility index (Phi) is 4.27. The van der Waals surface area contributed by atoms with Gasteiger partial charge in [-0.15, -0.1) is 0 Å². The van der Waals surface area contributed by atoms with Crippen LogP contribution in [0.5, 0.6) is 0 Å². The molecule has 2 N–H and O–H groups in total. The minimum atomic E-state index is -3.34. The molecular formula is C14H12N4O5S2. The van der Waals surface area contributed by atoms with Crippen LogP contribution in [-0.4, -0.2) is 35.3 Å². The highest BCUT2D eigenvalue weighted by molar-refractivity contribution is 7.90. The Bertz CT molecular complexity index is 1190. The summed E-state index contributed by atoms with van der Waals surface area (Å²) in [6, 6.07) is 6.62. The Morgan fingerprint density at radius 3 is 2.76 bits per heavy atom. The van der Waals surface area contributed by atoms with Gasteiger partial charge in [-0.25, -0.2) is 18.1 Å². The molecule has 0 aliphatic carbocycles. The fourth-order valence-electron chi connectivity index (χ4n) is 2.07. The average molecular weight is 380 g/mol. The molecule has 9 nitrogen and oxygen atoms in total. The van der Waals surface area contributed by atoms with Gasteiger partial charge in [0.25, 0.3) is 11.1 Å². The van der Waals surface area contributed by atoms with Gasteiger partial charge in [0.15, 0.2) is 15.0 Å². The van der Waals surface area contributed by atoms with Gasteiger partial charge in [-0.3, -0.25) is 19.5 Å². The van der Waals surface area contributed by atoms with Crippen molar-refractivity contribution < 1.29 is 13.2 Å². The average Bonchev–Trinajstić information content (AvgIpc) is 2.91. The van der Waals surface area contributed by atoms with E-state index < -0.39 is 26.9 Å². The lowest BCUT2D eigenvalue weighted by molar-refractivity contribution is -0.117. The molecule has 0 fully saturated rings. The van der Waals surface area contributed by atoms with Crippen molar-refractivity contribution in [1.82, 2.24) is 14.8 Å². The Hall–Kier alpha value is -2.79. The van der Waals surface area contributed by atoms with Gasteiger partial charge in [-0.1, -0.05) is 11.3 Å². The number of thiazole rings is 1. The number of carbonyl (C=O) groups excluding carboxylic acids is 1. The van der Waals surface area contributed by atoms with Crippen molar-refractivity contribution in [3.63, 3.8) is 0 Å². The predicted octanol–water partition coefficient (Wildman–Crippen LogP) is 0.188. The minimum absolute atomic E-state index is 0.162. The van der Waals surface area contributed by atoms with E-state index in [0.29, 0.717) is 10.2 Å². The summed E-state index contributed by atoms with van der Waals surface area (Å²) < 4.78 is 24.6. The van der Waals surface area contributed by atoms with Gasteiger partial charge < -0.3 is 5.32 Å². The second kappa shape index (κ2) is 6.26. The lowest BCUT2D eigenvalue weighted by Crippen LogP contribution is -2.32. The number of carbonyl (C=O) groups is 1. The van der Waals surface area contributed by atoms with E-state index in [1.54, 1.807) is 6.07 Å².